The maximum Gasteiger partial charge on any atom is 0.188 e. The molecule has 0 heterocycles. The number of para-hydroxylation sites is 2. The van der Waals surface area contributed by atoms with E-state index in [4.69, 9.17) is 18.9 Å². The van der Waals surface area contributed by atoms with Gasteiger partial charge < -0.3 is 23.8 Å². The van der Waals surface area contributed by atoms with Crippen molar-refractivity contribution in [2.45, 2.75) is 45.8 Å². The molecule has 0 amide bonds. The molecule has 0 unspecified atom stereocenters. The molecule has 3 aromatic carbocycles. The zero-order chi connectivity index (χ0) is 26.3. The van der Waals surface area contributed by atoms with Gasteiger partial charge in [-0.25, -0.2) is 0 Å². The van der Waals surface area contributed by atoms with Gasteiger partial charge in [0, 0.05) is 20.8 Å². The van der Waals surface area contributed by atoms with E-state index in [1.165, 1.54) is 15.9 Å². The zero-order valence-corrected chi connectivity index (χ0v) is 25.1. The molecule has 0 fully saturated rings. The molecule has 0 aliphatic heterocycles. The van der Waals surface area contributed by atoms with E-state index in [2.05, 4.69) is 105 Å². The quantitative estimate of drug-likeness (QED) is 0.213. The molecule has 0 saturated carbocycles. The molecule has 0 bridgehead atoms. The molecule has 3 rings (SSSR count). The monoisotopic (exact) mass is 523 g/mol. The number of benzene rings is 3. The highest BCUT2D eigenvalue weighted by Gasteiger charge is 2.30. The first-order valence-corrected chi connectivity index (χ1v) is 19.4. The van der Waals surface area contributed by atoms with Crippen molar-refractivity contribution in [1.29, 1.82) is 0 Å². The van der Waals surface area contributed by atoms with Crippen molar-refractivity contribution in [2.24, 2.45) is 0 Å². The number of hydrogen-bond donors (Lipinski definition) is 0. The lowest BCUT2D eigenvalue weighted by atomic mass is 10.1. The molecule has 0 aliphatic rings. The van der Waals surface area contributed by atoms with Crippen LogP contribution in [-0.2, 0) is 16.0 Å². The third kappa shape index (κ3) is 6.79. The number of anilines is 2. The second-order valence-corrected chi connectivity index (χ2v) is 21.1. The van der Waals surface area contributed by atoms with E-state index < -0.39 is 16.1 Å². The Kier molecular flexibility index (Phi) is 9.41. The molecule has 3 aromatic rings. The van der Waals surface area contributed by atoms with Gasteiger partial charge in [-0.05, 0) is 28.1 Å². The summed E-state index contributed by atoms with van der Waals surface area (Å²) in [6.07, 6.45) is 0. The van der Waals surface area contributed by atoms with E-state index >= 15 is 0 Å². The number of rotatable bonds is 12. The highest BCUT2D eigenvalue weighted by Crippen LogP contribution is 2.40. The van der Waals surface area contributed by atoms with Crippen molar-refractivity contribution in [3.63, 3.8) is 0 Å². The third-order valence-electron chi connectivity index (χ3n) is 6.01. The fraction of sp³-hybridized carbons (Fsp3) is 0.379. The SMILES string of the molecule is COCOc1c(N(Cc2ccccc2)c2cccc([Si](C)(C)C)c2OCOC)cccc1[Si](C)(C)C. The van der Waals surface area contributed by atoms with Gasteiger partial charge in [0.25, 0.3) is 0 Å². The molecule has 36 heavy (non-hydrogen) atoms. The second kappa shape index (κ2) is 12.1. The van der Waals surface area contributed by atoms with Crippen molar-refractivity contribution < 1.29 is 18.9 Å². The van der Waals surface area contributed by atoms with Gasteiger partial charge in [0.1, 0.15) is 11.5 Å². The Morgan fingerprint density at radius 3 is 1.42 bits per heavy atom. The molecule has 0 radical (unpaired) electrons. The smallest absolute Gasteiger partial charge is 0.188 e. The van der Waals surface area contributed by atoms with Crippen LogP contribution in [0, 0.1) is 0 Å². The Balaban J connectivity index is 2.31. The van der Waals surface area contributed by atoms with Crippen LogP contribution in [-0.4, -0.2) is 44.0 Å². The molecule has 0 saturated heterocycles. The first-order chi connectivity index (χ1) is 17.1. The Morgan fingerprint density at radius 1 is 0.583 bits per heavy atom. The summed E-state index contributed by atoms with van der Waals surface area (Å²) >= 11 is 0. The lowest BCUT2D eigenvalue weighted by molar-refractivity contribution is 0.0517. The lowest BCUT2D eigenvalue weighted by Crippen LogP contribution is -2.40. The van der Waals surface area contributed by atoms with Crippen LogP contribution in [0.3, 0.4) is 0 Å². The summed E-state index contributed by atoms with van der Waals surface area (Å²) in [5, 5.41) is 2.52. The van der Waals surface area contributed by atoms with Gasteiger partial charge in [-0.2, -0.15) is 0 Å². The van der Waals surface area contributed by atoms with Gasteiger partial charge in [0.2, 0.25) is 0 Å². The van der Waals surface area contributed by atoms with Crippen LogP contribution in [0.5, 0.6) is 11.5 Å². The molecule has 0 atom stereocenters. The minimum Gasteiger partial charge on any atom is -0.465 e. The first-order valence-electron chi connectivity index (χ1n) is 12.4. The molecule has 194 valence electrons. The Bertz CT molecular complexity index is 1050. The van der Waals surface area contributed by atoms with Crippen LogP contribution >= 0.6 is 0 Å². The highest BCUT2D eigenvalue weighted by atomic mass is 28.3. The summed E-state index contributed by atoms with van der Waals surface area (Å²) in [5.74, 6) is 1.76. The normalized spacial score (nSPS) is 11.9. The van der Waals surface area contributed by atoms with Gasteiger partial charge in [-0.15, -0.1) is 0 Å². The van der Waals surface area contributed by atoms with Crippen molar-refractivity contribution in [2.75, 3.05) is 32.7 Å². The van der Waals surface area contributed by atoms with Crippen LogP contribution < -0.4 is 24.7 Å². The molecular weight excluding hydrogens is 482 g/mol. The van der Waals surface area contributed by atoms with Gasteiger partial charge in [0.05, 0.1) is 27.5 Å². The van der Waals surface area contributed by atoms with E-state index in [0.717, 1.165) is 22.9 Å². The van der Waals surface area contributed by atoms with Crippen molar-refractivity contribution >= 4 is 37.9 Å². The Morgan fingerprint density at radius 2 is 1.03 bits per heavy atom. The summed E-state index contributed by atoms with van der Waals surface area (Å²) in [4.78, 5) is 2.32. The van der Waals surface area contributed by atoms with Crippen molar-refractivity contribution in [1.82, 2.24) is 0 Å². The van der Waals surface area contributed by atoms with E-state index in [-0.39, 0.29) is 13.6 Å². The van der Waals surface area contributed by atoms with Gasteiger partial charge in [-0.3, -0.25) is 0 Å². The predicted octanol–water partition coefficient (Wildman–Crippen LogP) is 6.08. The summed E-state index contributed by atoms with van der Waals surface area (Å²) in [5.41, 5.74) is 3.21. The van der Waals surface area contributed by atoms with Gasteiger partial charge in [0.15, 0.2) is 13.6 Å². The molecule has 0 spiro atoms. The molecule has 7 heteroatoms. The van der Waals surface area contributed by atoms with E-state index in [9.17, 15) is 0 Å². The zero-order valence-electron chi connectivity index (χ0n) is 23.1. The standard InChI is InChI=1S/C29H41NO4Si2/c1-31-21-33-28-24(16-12-18-26(28)35(3,4)5)30(20-23-14-10-9-11-15-23)25-17-13-19-27(36(6,7)8)29(25)34-22-32-2/h9-19H,20-22H2,1-8H3. The highest BCUT2D eigenvalue weighted by molar-refractivity contribution is 6.90. The van der Waals surface area contributed by atoms with Crippen LogP contribution in [0.25, 0.3) is 0 Å². The Labute approximate surface area is 219 Å². The van der Waals surface area contributed by atoms with Gasteiger partial charge in [-0.1, -0.05) is 93.9 Å². The average Bonchev–Trinajstić information content (AvgIpc) is 2.84. The summed E-state index contributed by atoms with van der Waals surface area (Å²) in [6.45, 7) is 15.1. The largest absolute Gasteiger partial charge is 0.465 e. The molecule has 0 aliphatic carbocycles. The summed E-state index contributed by atoms with van der Waals surface area (Å²) < 4.78 is 23.3. The number of nitrogens with zero attached hydrogens (tertiary/aromatic N) is 1. The lowest BCUT2D eigenvalue weighted by Gasteiger charge is -2.33. The number of methoxy groups -OCH3 is 2. The van der Waals surface area contributed by atoms with Crippen LogP contribution in [0.4, 0.5) is 11.4 Å². The number of hydrogen-bond acceptors (Lipinski definition) is 5. The van der Waals surface area contributed by atoms with Gasteiger partial charge >= 0.3 is 0 Å². The fourth-order valence-corrected chi connectivity index (χ4v) is 7.22. The van der Waals surface area contributed by atoms with Crippen LogP contribution in [0.2, 0.25) is 39.3 Å². The molecule has 0 aromatic heterocycles. The topological polar surface area (TPSA) is 40.2 Å². The minimum absolute atomic E-state index is 0.190. The summed E-state index contributed by atoms with van der Waals surface area (Å²) in [7, 11) is -0.131. The maximum absolute atomic E-state index is 6.32. The average molecular weight is 524 g/mol. The predicted molar refractivity (Wildman–Crippen MR) is 156 cm³/mol. The number of ether oxygens (including phenoxy) is 4. The maximum atomic E-state index is 6.32. The fourth-order valence-electron chi connectivity index (χ4n) is 4.26. The molecule has 5 nitrogen and oxygen atoms in total. The third-order valence-corrected chi connectivity index (χ3v) is 10.0. The van der Waals surface area contributed by atoms with Crippen LogP contribution in [0.15, 0.2) is 66.7 Å². The van der Waals surface area contributed by atoms with Crippen LogP contribution in [0.1, 0.15) is 5.56 Å². The minimum atomic E-state index is -1.73. The van der Waals surface area contributed by atoms with E-state index in [0.29, 0.717) is 6.54 Å². The molecule has 0 N–H and O–H groups in total. The van der Waals surface area contributed by atoms with Crippen molar-refractivity contribution in [3.8, 4) is 11.5 Å². The summed E-state index contributed by atoms with van der Waals surface area (Å²) in [6, 6.07) is 23.5. The second-order valence-electron chi connectivity index (χ2n) is 11.0. The van der Waals surface area contributed by atoms with Crippen molar-refractivity contribution in [3.05, 3.63) is 72.3 Å². The van der Waals surface area contributed by atoms with E-state index in [1.54, 1.807) is 14.2 Å². The molecular formula is C29H41NO4Si2. The Hall–Kier alpha value is -2.59. The first kappa shape index (κ1) is 28.0. The van der Waals surface area contributed by atoms with E-state index in [1.807, 2.05) is 6.07 Å².